The lowest BCUT2D eigenvalue weighted by atomic mass is 10.1. The number of carbonyl (C=O) groups is 1. The number of rotatable bonds is 5. The van der Waals surface area contributed by atoms with Crippen molar-refractivity contribution in [1.82, 2.24) is 5.32 Å². The van der Waals surface area contributed by atoms with Gasteiger partial charge in [-0.3, -0.25) is 4.79 Å². The molecule has 1 saturated carbocycles. The Bertz CT molecular complexity index is 676. The van der Waals surface area contributed by atoms with E-state index in [-0.39, 0.29) is 5.91 Å². The topological polar surface area (TPSA) is 29.1 Å². The molecule has 0 unspecified atom stereocenters. The van der Waals surface area contributed by atoms with E-state index in [9.17, 15) is 4.79 Å². The molecule has 25 heavy (non-hydrogen) atoms. The zero-order valence-corrected chi connectivity index (χ0v) is 15.9. The van der Waals surface area contributed by atoms with Crippen molar-refractivity contribution in [2.45, 2.75) is 55.2 Å². The summed E-state index contributed by atoms with van der Waals surface area (Å²) in [5.41, 5.74) is 1.97. The Morgan fingerprint density at radius 2 is 1.60 bits per heavy atom. The van der Waals surface area contributed by atoms with Crippen LogP contribution in [0.1, 0.15) is 54.4 Å². The van der Waals surface area contributed by atoms with Gasteiger partial charge in [-0.05, 0) is 54.8 Å². The van der Waals surface area contributed by atoms with Crippen molar-refractivity contribution in [2.75, 3.05) is 0 Å². The van der Waals surface area contributed by atoms with Crippen molar-refractivity contribution in [1.29, 1.82) is 0 Å². The summed E-state index contributed by atoms with van der Waals surface area (Å²) in [7, 11) is 0. The van der Waals surface area contributed by atoms with Crippen LogP contribution in [-0.2, 0) is 5.75 Å². The van der Waals surface area contributed by atoms with E-state index in [0.717, 1.165) is 29.2 Å². The fraction of sp³-hybridized carbons (Fsp3) is 0.381. The van der Waals surface area contributed by atoms with Crippen LogP contribution >= 0.6 is 23.4 Å². The van der Waals surface area contributed by atoms with Gasteiger partial charge in [-0.25, -0.2) is 0 Å². The van der Waals surface area contributed by atoms with Crippen LogP contribution < -0.4 is 5.32 Å². The number of hydrogen-bond acceptors (Lipinski definition) is 2. The van der Waals surface area contributed by atoms with Crippen LogP contribution in [0, 0.1) is 0 Å². The van der Waals surface area contributed by atoms with E-state index in [4.69, 9.17) is 11.6 Å². The summed E-state index contributed by atoms with van der Waals surface area (Å²) >= 11 is 7.68. The Labute approximate surface area is 159 Å². The molecular formula is C21H24ClNOS. The first-order valence-electron chi connectivity index (χ1n) is 8.99. The van der Waals surface area contributed by atoms with Crippen molar-refractivity contribution in [2.24, 2.45) is 0 Å². The molecule has 0 saturated heterocycles. The van der Waals surface area contributed by atoms with Crippen molar-refractivity contribution in [3.05, 3.63) is 64.7 Å². The highest BCUT2D eigenvalue weighted by Gasteiger charge is 2.15. The predicted octanol–water partition coefficient (Wildman–Crippen LogP) is 6.08. The second-order valence-electron chi connectivity index (χ2n) is 6.60. The van der Waals surface area contributed by atoms with Crippen molar-refractivity contribution < 1.29 is 4.79 Å². The zero-order chi connectivity index (χ0) is 17.5. The molecule has 0 aliphatic heterocycles. The van der Waals surface area contributed by atoms with E-state index >= 15 is 0 Å². The van der Waals surface area contributed by atoms with Gasteiger partial charge < -0.3 is 5.32 Å². The van der Waals surface area contributed by atoms with Crippen LogP contribution in [0.15, 0.2) is 53.4 Å². The molecule has 2 aromatic carbocycles. The SMILES string of the molecule is O=C(NC1CCCCCC1)c1ccc(CSc2ccc(Cl)cc2)cc1. The molecule has 1 N–H and O–H groups in total. The second-order valence-corrected chi connectivity index (χ2v) is 8.09. The second kappa shape index (κ2) is 9.30. The first-order valence-corrected chi connectivity index (χ1v) is 10.4. The van der Waals surface area contributed by atoms with Gasteiger partial charge in [0.25, 0.3) is 5.91 Å². The third-order valence-electron chi connectivity index (χ3n) is 4.63. The summed E-state index contributed by atoms with van der Waals surface area (Å²) in [5, 5.41) is 3.96. The van der Waals surface area contributed by atoms with E-state index in [1.165, 1.54) is 36.1 Å². The minimum absolute atomic E-state index is 0.0591. The van der Waals surface area contributed by atoms with Crippen LogP contribution in [0.25, 0.3) is 0 Å². The third kappa shape index (κ3) is 5.79. The van der Waals surface area contributed by atoms with Gasteiger partial charge >= 0.3 is 0 Å². The molecule has 3 rings (SSSR count). The molecule has 132 valence electrons. The van der Waals surface area contributed by atoms with Gasteiger partial charge in [0.05, 0.1) is 0 Å². The Morgan fingerprint density at radius 3 is 2.24 bits per heavy atom. The molecular weight excluding hydrogens is 350 g/mol. The highest BCUT2D eigenvalue weighted by Crippen LogP contribution is 2.24. The minimum atomic E-state index is 0.0591. The molecule has 2 nitrogen and oxygen atoms in total. The van der Waals surface area contributed by atoms with Gasteiger partial charge in [-0.2, -0.15) is 0 Å². The standard InChI is InChI=1S/C21H24ClNOS/c22-18-11-13-20(14-12-18)25-15-16-7-9-17(10-8-16)21(24)23-19-5-3-1-2-4-6-19/h7-14,19H,1-6,15H2,(H,23,24). The Morgan fingerprint density at radius 1 is 0.960 bits per heavy atom. The highest BCUT2D eigenvalue weighted by atomic mass is 35.5. The lowest BCUT2D eigenvalue weighted by Gasteiger charge is -2.16. The zero-order valence-electron chi connectivity index (χ0n) is 14.3. The quantitative estimate of drug-likeness (QED) is 0.507. The lowest BCUT2D eigenvalue weighted by molar-refractivity contribution is 0.0933. The van der Waals surface area contributed by atoms with Crippen LogP contribution in [0.3, 0.4) is 0 Å². The number of amides is 1. The number of hydrogen-bond donors (Lipinski definition) is 1. The molecule has 0 heterocycles. The summed E-state index contributed by atoms with van der Waals surface area (Å²) in [6.07, 6.45) is 7.28. The summed E-state index contributed by atoms with van der Waals surface area (Å²) in [4.78, 5) is 13.6. The number of halogens is 1. The van der Waals surface area contributed by atoms with Crippen LogP contribution in [0.2, 0.25) is 5.02 Å². The summed E-state index contributed by atoms with van der Waals surface area (Å²) in [6.45, 7) is 0. The fourth-order valence-corrected chi connectivity index (χ4v) is 4.12. The normalized spacial score (nSPS) is 15.6. The monoisotopic (exact) mass is 373 g/mol. The molecule has 0 radical (unpaired) electrons. The van der Waals surface area contributed by atoms with Gasteiger partial charge in [0, 0.05) is 27.3 Å². The average Bonchev–Trinajstić information content (AvgIpc) is 2.90. The molecule has 1 fully saturated rings. The third-order valence-corrected chi connectivity index (χ3v) is 5.96. The first-order chi connectivity index (χ1) is 12.2. The van der Waals surface area contributed by atoms with E-state index in [0.29, 0.717) is 6.04 Å². The summed E-state index contributed by atoms with van der Waals surface area (Å²) in [5.74, 6) is 0.940. The Kier molecular flexibility index (Phi) is 6.83. The van der Waals surface area contributed by atoms with Crippen LogP contribution in [0.4, 0.5) is 0 Å². The van der Waals surface area contributed by atoms with Gasteiger partial charge in [0.2, 0.25) is 0 Å². The maximum Gasteiger partial charge on any atom is 0.251 e. The maximum absolute atomic E-state index is 12.4. The molecule has 0 atom stereocenters. The number of carbonyl (C=O) groups excluding carboxylic acids is 1. The molecule has 1 amide bonds. The molecule has 2 aromatic rings. The largest absolute Gasteiger partial charge is 0.349 e. The molecule has 0 aromatic heterocycles. The smallest absolute Gasteiger partial charge is 0.251 e. The van der Waals surface area contributed by atoms with E-state index in [1.54, 1.807) is 11.8 Å². The van der Waals surface area contributed by atoms with Crippen LogP contribution in [0.5, 0.6) is 0 Å². The first kappa shape index (κ1) is 18.3. The van der Waals surface area contributed by atoms with E-state index < -0.39 is 0 Å². The van der Waals surface area contributed by atoms with Gasteiger partial charge in [-0.15, -0.1) is 11.8 Å². The molecule has 1 aliphatic carbocycles. The maximum atomic E-state index is 12.4. The fourth-order valence-electron chi connectivity index (χ4n) is 3.14. The predicted molar refractivity (Wildman–Crippen MR) is 106 cm³/mol. The molecule has 0 bridgehead atoms. The van der Waals surface area contributed by atoms with Crippen molar-refractivity contribution in [3.8, 4) is 0 Å². The molecule has 0 spiro atoms. The number of benzene rings is 2. The average molecular weight is 374 g/mol. The van der Waals surface area contributed by atoms with Gasteiger partial charge in [0.1, 0.15) is 0 Å². The van der Waals surface area contributed by atoms with Crippen molar-refractivity contribution >= 4 is 29.3 Å². The van der Waals surface area contributed by atoms with Gasteiger partial charge in [-0.1, -0.05) is 49.4 Å². The lowest BCUT2D eigenvalue weighted by Crippen LogP contribution is -2.34. The minimum Gasteiger partial charge on any atom is -0.349 e. The number of nitrogens with one attached hydrogen (secondary N) is 1. The van der Waals surface area contributed by atoms with E-state index in [1.807, 2.05) is 48.5 Å². The van der Waals surface area contributed by atoms with Gasteiger partial charge in [0.15, 0.2) is 0 Å². The Hall–Kier alpha value is -1.45. The highest BCUT2D eigenvalue weighted by molar-refractivity contribution is 7.98. The molecule has 1 aliphatic rings. The number of thioether (sulfide) groups is 1. The summed E-state index contributed by atoms with van der Waals surface area (Å²) < 4.78 is 0. The van der Waals surface area contributed by atoms with E-state index in [2.05, 4.69) is 5.32 Å². The Balaban J connectivity index is 1.52. The summed E-state index contributed by atoms with van der Waals surface area (Å²) in [6, 6.07) is 16.2. The van der Waals surface area contributed by atoms with Crippen molar-refractivity contribution in [3.63, 3.8) is 0 Å². The van der Waals surface area contributed by atoms with Crippen LogP contribution in [-0.4, -0.2) is 11.9 Å². The molecule has 4 heteroatoms.